The highest BCUT2D eigenvalue weighted by atomic mass is 35.5. The molecular weight excluding hydrogens is 373 g/mol. The molecule has 0 radical (unpaired) electrons. The van der Waals surface area contributed by atoms with Crippen LogP contribution < -0.4 is 16.0 Å². The smallest absolute Gasteiger partial charge is 0.315 e. The number of hydrogen-bond donors (Lipinski definition) is 3. The van der Waals surface area contributed by atoms with Crippen LogP contribution in [-0.2, 0) is 4.79 Å². The van der Waals surface area contributed by atoms with E-state index in [4.69, 9.17) is 23.2 Å². The van der Waals surface area contributed by atoms with Crippen LogP contribution in [0.2, 0.25) is 10.0 Å². The molecular formula is C19H21Cl2N3O2. The molecule has 7 heteroatoms. The van der Waals surface area contributed by atoms with E-state index in [1.54, 1.807) is 18.2 Å². The van der Waals surface area contributed by atoms with Gasteiger partial charge in [-0.25, -0.2) is 4.79 Å². The van der Waals surface area contributed by atoms with Gasteiger partial charge in [0.2, 0.25) is 5.91 Å². The molecule has 2 rings (SSSR count). The molecule has 2 aromatic rings. The Morgan fingerprint density at radius 1 is 1.04 bits per heavy atom. The average Bonchev–Trinajstić information content (AvgIpc) is 2.61. The maximum atomic E-state index is 12.2. The van der Waals surface area contributed by atoms with Gasteiger partial charge in [-0.05, 0) is 29.7 Å². The molecule has 2 aromatic carbocycles. The zero-order valence-corrected chi connectivity index (χ0v) is 16.1. The normalized spacial score (nSPS) is 11.7. The molecule has 1 atom stereocenters. The van der Waals surface area contributed by atoms with Gasteiger partial charge in [-0.15, -0.1) is 0 Å². The summed E-state index contributed by atoms with van der Waals surface area (Å²) in [5.41, 5.74) is 1.41. The summed E-state index contributed by atoms with van der Waals surface area (Å²) < 4.78 is 0. The molecule has 0 heterocycles. The average molecular weight is 394 g/mol. The Morgan fingerprint density at radius 2 is 1.73 bits per heavy atom. The van der Waals surface area contributed by atoms with Gasteiger partial charge in [-0.3, -0.25) is 4.79 Å². The largest absolute Gasteiger partial charge is 0.331 e. The molecule has 5 nitrogen and oxygen atoms in total. The quantitative estimate of drug-likeness (QED) is 0.669. The second kappa shape index (κ2) is 9.46. The summed E-state index contributed by atoms with van der Waals surface area (Å²) in [5, 5.41) is 8.89. The zero-order valence-electron chi connectivity index (χ0n) is 14.6. The van der Waals surface area contributed by atoms with Crippen molar-refractivity contribution < 1.29 is 9.59 Å². The number of benzene rings is 2. The summed E-state index contributed by atoms with van der Waals surface area (Å²) in [5.74, 6) is -0.202. The molecule has 0 aliphatic heterocycles. The lowest BCUT2D eigenvalue weighted by molar-refractivity contribution is -0.115. The Morgan fingerprint density at radius 3 is 2.38 bits per heavy atom. The van der Waals surface area contributed by atoms with Crippen molar-refractivity contribution in [1.29, 1.82) is 0 Å². The number of anilines is 1. The molecule has 0 aromatic heterocycles. The maximum Gasteiger partial charge on any atom is 0.315 e. The minimum atomic E-state index is -0.417. The molecule has 0 aliphatic rings. The van der Waals surface area contributed by atoms with Gasteiger partial charge in [0, 0.05) is 5.02 Å². The number of carbonyl (C=O) groups excluding carboxylic acids is 2. The van der Waals surface area contributed by atoms with E-state index in [2.05, 4.69) is 16.0 Å². The van der Waals surface area contributed by atoms with Crippen molar-refractivity contribution in [2.75, 3.05) is 11.9 Å². The second-order valence-electron chi connectivity index (χ2n) is 6.13. The Kier molecular flexibility index (Phi) is 7.30. The topological polar surface area (TPSA) is 70.2 Å². The Hall–Kier alpha value is -2.24. The maximum absolute atomic E-state index is 12.2. The Balaban J connectivity index is 1.89. The van der Waals surface area contributed by atoms with Gasteiger partial charge < -0.3 is 16.0 Å². The van der Waals surface area contributed by atoms with Crippen molar-refractivity contribution in [3.05, 3.63) is 64.1 Å². The fourth-order valence-corrected chi connectivity index (χ4v) is 2.77. The molecule has 0 spiro atoms. The number of rotatable bonds is 6. The van der Waals surface area contributed by atoms with Crippen LogP contribution in [0.3, 0.4) is 0 Å². The highest BCUT2D eigenvalue weighted by molar-refractivity contribution is 6.35. The van der Waals surface area contributed by atoms with Crippen molar-refractivity contribution >= 4 is 40.8 Å². The van der Waals surface area contributed by atoms with E-state index < -0.39 is 11.9 Å². The SMILES string of the molecule is CC(C)C(NC(=O)NCC(=O)Nc1cc(Cl)ccc1Cl)c1ccccc1. The summed E-state index contributed by atoms with van der Waals surface area (Å²) in [4.78, 5) is 24.2. The van der Waals surface area contributed by atoms with Gasteiger partial charge in [-0.2, -0.15) is 0 Å². The van der Waals surface area contributed by atoms with E-state index in [0.29, 0.717) is 15.7 Å². The van der Waals surface area contributed by atoms with Crippen LogP contribution in [0.15, 0.2) is 48.5 Å². The van der Waals surface area contributed by atoms with Crippen LogP contribution in [-0.4, -0.2) is 18.5 Å². The fourth-order valence-electron chi connectivity index (χ4n) is 2.44. The summed E-state index contributed by atoms with van der Waals surface area (Å²) >= 11 is 11.9. The highest BCUT2D eigenvalue weighted by Crippen LogP contribution is 2.25. The first kappa shape index (κ1) is 20.1. The third-order valence-corrected chi connectivity index (χ3v) is 4.29. The highest BCUT2D eigenvalue weighted by Gasteiger charge is 2.18. The molecule has 26 heavy (non-hydrogen) atoms. The van der Waals surface area contributed by atoms with Crippen LogP contribution >= 0.6 is 23.2 Å². The van der Waals surface area contributed by atoms with Crippen molar-refractivity contribution in [2.45, 2.75) is 19.9 Å². The number of nitrogens with one attached hydrogen (secondary N) is 3. The lowest BCUT2D eigenvalue weighted by Crippen LogP contribution is -2.42. The fraction of sp³-hybridized carbons (Fsp3) is 0.263. The van der Waals surface area contributed by atoms with Crippen LogP contribution in [0.5, 0.6) is 0 Å². The molecule has 3 N–H and O–H groups in total. The van der Waals surface area contributed by atoms with E-state index in [1.807, 2.05) is 44.2 Å². The van der Waals surface area contributed by atoms with Crippen LogP contribution in [0.4, 0.5) is 10.5 Å². The molecule has 3 amide bonds. The zero-order chi connectivity index (χ0) is 19.1. The monoisotopic (exact) mass is 393 g/mol. The molecule has 0 fully saturated rings. The standard InChI is InChI=1S/C19H21Cl2N3O2/c1-12(2)18(13-6-4-3-5-7-13)24-19(26)22-11-17(25)23-16-10-14(20)8-9-15(16)21/h3-10,12,18H,11H2,1-2H3,(H,23,25)(H2,22,24,26). The molecule has 0 bridgehead atoms. The Labute approximate surface area is 163 Å². The van der Waals surface area contributed by atoms with E-state index in [-0.39, 0.29) is 18.5 Å². The molecule has 0 saturated carbocycles. The molecule has 138 valence electrons. The van der Waals surface area contributed by atoms with Crippen LogP contribution in [0.25, 0.3) is 0 Å². The molecule has 0 aliphatic carbocycles. The number of hydrogen-bond acceptors (Lipinski definition) is 2. The third kappa shape index (κ3) is 5.93. The van der Waals surface area contributed by atoms with Gasteiger partial charge >= 0.3 is 6.03 Å². The van der Waals surface area contributed by atoms with E-state index in [1.165, 1.54) is 0 Å². The van der Waals surface area contributed by atoms with Gasteiger partial charge in [0.05, 0.1) is 23.3 Å². The van der Waals surface area contributed by atoms with Crippen LogP contribution in [0.1, 0.15) is 25.5 Å². The number of urea groups is 1. The first-order chi connectivity index (χ1) is 12.4. The second-order valence-corrected chi connectivity index (χ2v) is 6.98. The first-order valence-corrected chi connectivity index (χ1v) is 8.96. The van der Waals surface area contributed by atoms with Crippen LogP contribution in [0, 0.1) is 5.92 Å². The van der Waals surface area contributed by atoms with E-state index in [9.17, 15) is 9.59 Å². The minimum Gasteiger partial charge on any atom is -0.331 e. The summed E-state index contributed by atoms with van der Waals surface area (Å²) in [7, 11) is 0. The molecule has 0 saturated heterocycles. The number of halogens is 2. The van der Waals surface area contributed by atoms with Crippen molar-refractivity contribution in [1.82, 2.24) is 10.6 Å². The number of amides is 3. The summed E-state index contributed by atoms with van der Waals surface area (Å²) in [6.45, 7) is 3.85. The van der Waals surface area contributed by atoms with Gasteiger partial charge in [0.15, 0.2) is 0 Å². The van der Waals surface area contributed by atoms with E-state index >= 15 is 0 Å². The predicted octanol–water partition coefficient (Wildman–Crippen LogP) is 4.63. The van der Waals surface area contributed by atoms with Crippen molar-refractivity contribution in [3.8, 4) is 0 Å². The lowest BCUT2D eigenvalue weighted by Gasteiger charge is -2.23. The Bertz CT molecular complexity index is 767. The third-order valence-electron chi connectivity index (χ3n) is 3.72. The number of carbonyl (C=O) groups is 2. The summed E-state index contributed by atoms with van der Waals surface area (Å²) in [6, 6.07) is 13.9. The van der Waals surface area contributed by atoms with Gasteiger partial charge in [-0.1, -0.05) is 67.4 Å². The van der Waals surface area contributed by atoms with E-state index in [0.717, 1.165) is 5.56 Å². The van der Waals surface area contributed by atoms with Crippen molar-refractivity contribution in [2.24, 2.45) is 5.92 Å². The van der Waals surface area contributed by atoms with Gasteiger partial charge in [0.25, 0.3) is 0 Å². The molecule has 1 unspecified atom stereocenters. The lowest BCUT2D eigenvalue weighted by atomic mass is 9.96. The first-order valence-electron chi connectivity index (χ1n) is 8.21. The van der Waals surface area contributed by atoms with Gasteiger partial charge in [0.1, 0.15) is 0 Å². The predicted molar refractivity (Wildman–Crippen MR) is 106 cm³/mol. The summed E-state index contributed by atoms with van der Waals surface area (Å²) in [6.07, 6.45) is 0. The minimum absolute atomic E-state index is 0.151. The van der Waals surface area contributed by atoms with Crippen molar-refractivity contribution in [3.63, 3.8) is 0 Å².